The number of nitrogens with zero attached hydrogens (tertiary/aromatic N) is 4. The van der Waals surface area contributed by atoms with E-state index in [9.17, 15) is 19.1 Å². The van der Waals surface area contributed by atoms with Crippen molar-refractivity contribution in [2.24, 2.45) is 27.9 Å². The van der Waals surface area contributed by atoms with Gasteiger partial charge in [-0.15, -0.1) is 11.3 Å². The zero-order valence-corrected chi connectivity index (χ0v) is 26.0. The summed E-state index contributed by atoms with van der Waals surface area (Å²) in [4.78, 5) is 32.4. The van der Waals surface area contributed by atoms with Crippen molar-refractivity contribution in [3.63, 3.8) is 0 Å². The molecular formula is C31H37FN8O5S. The fourth-order valence-corrected chi connectivity index (χ4v) is 6.96. The van der Waals surface area contributed by atoms with E-state index >= 15 is 0 Å². The number of hydrogen-bond donors (Lipinski definition) is 5. The van der Waals surface area contributed by atoms with Gasteiger partial charge in [-0.3, -0.25) is 14.9 Å². The van der Waals surface area contributed by atoms with Crippen LogP contribution in [0, 0.1) is 17.2 Å². The van der Waals surface area contributed by atoms with Crippen molar-refractivity contribution < 1.29 is 28.6 Å². The number of likely N-dealkylation sites (tertiary alicyclic amines) is 1. The number of azide groups is 1. The van der Waals surface area contributed by atoms with Gasteiger partial charge in [0.15, 0.2) is 0 Å². The zero-order valence-electron chi connectivity index (χ0n) is 25.2. The summed E-state index contributed by atoms with van der Waals surface area (Å²) in [6, 6.07) is 13.1. The number of thiophene rings is 1. The van der Waals surface area contributed by atoms with Crippen molar-refractivity contribution in [2.45, 2.75) is 44.4 Å². The van der Waals surface area contributed by atoms with Gasteiger partial charge in [0.2, 0.25) is 11.8 Å². The van der Waals surface area contributed by atoms with Crippen molar-refractivity contribution in [2.75, 3.05) is 26.3 Å². The highest BCUT2D eigenvalue weighted by atomic mass is 32.1. The van der Waals surface area contributed by atoms with E-state index in [-0.39, 0.29) is 55.8 Å². The first kappa shape index (κ1) is 33.3. The first-order chi connectivity index (χ1) is 22.1. The van der Waals surface area contributed by atoms with Crippen LogP contribution in [0.2, 0.25) is 0 Å². The molecule has 0 spiro atoms. The molecule has 0 radical (unpaired) electrons. The Balaban J connectivity index is 1.22. The Labute approximate surface area is 269 Å². The lowest BCUT2D eigenvalue weighted by Crippen LogP contribution is -2.51. The van der Waals surface area contributed by atoms with Crippen LogP contribution in [0.25, 0.3) is 10.4 Å². The molecule has 2 heterocycles. The number of rotatable bonds is 15. The Morgan fingerprint density at radius 2 is 1.89 bits per heavy atom. The highest BCUT2D eigenvalue weighted by Crippen LogP contribution is 2.64. The van der Waals surface area contributed by atoms with E-state index in [1.165, 1.54) is 35.6 Å². The van der Waals surface area contributed by atoms with Crippen molar-refractivity contribution in [3.8, 4) is 11.5 Å². The SMILES string of the molecule is C[C@@H]1[C@@H]2N(C(=O)CNC(O)c3ccc(Oc4ccc(F)cc4)cc3)C(C(=O)NCc3cc(C(N)N)cs3)C[C@]12COCCN=[N+]=[N-]. The molecule has 2 unspecified atom stereocenters. The van der Waals surface area contributed by atoms with Gasteiger partial charge in [0.25, 0.3) is 0 Å². The molecule has 244 valence electrons. The van der Waals surface area contributed by atoms with Crippen LogP contribution >= 0.6 is 11.3 Å². The van der Waals surface area contributed by atoms with Crippen LogP contribution in [0.15, 0.2) is 65.1 Å². The average molecular weight is 653 g/mol. The highest BCUT2D eigenvalue weighted by Gasteiger charge is 2.72. The van der Waals surface area contributed by atoms with Crippen LogP contribution in [0.3, 0.4) is 0 Å². The topological polar surface area (TPSA) is 201 Å². The van der Waals surface area contributed by atoms with Crippen LogP contribution < -0.4 is 26.8 Å². The number of hydrogen-bond acceptors (Lipinski definition) is 10. The van der Waals surface area contributed by atoms with E-state index in [0.717, 1.165) is 10.4 Å². The molecule has 15 heteroatoms. The monoisotopic (exact) mass is 652 g/mol. The number of amides is 2. The van der Waals surface area contributed by atoms with Gasteiger partial charge in [-0.1, -0.05) is 24.2 Å². The molecule has 5 rings (SSSR count). The van der Waals surface area contributed by atoms with Crippen LogP contribution in [0.4, 0.5) is 4.39 Å². The van der Waals surface area contributed by atoms with Crippen LogP contribution in [-0.2, 0) is 20.9 Å². The van der Waals surface area contributed by atoms with Gasteiger partial charge in [-0.05, 0) is 76.8 Å². The summed E-state index contributed by atoms with van der Waals surface area (Å²) in [6.07, 6.45) is -1.35. The van der Waals surface area contributed by atoms with E-state index in [2.05, 4.69) is 20.7 Å². The predicted molar refractivity (Wildman–Crippen MR) is 169 cm³/mol. The number of benzene rings is 2. The average Bonchev–Trinajstić information content (AvgIpc) is 3.39. The highest BCUT2D eigenvalue weighted by molar-refractivity contribution is 7.10. The van der Waals surface area contributed by atoms with Gasteiger partial charge < -0.3 is 36.3 Å². The van der Waals surface area contributed by atoms with Crippen LogP contribution in [-0.4, -0.2) is 60.2 Å². The van der Waals surface area contributed by atoms with E-state index in [1.807, 2.05) is 18.4 Å². The number of piperidine rings is 1. The first-order valence-corrected chi connectivity index (χ1v) is 15.7. The lowest BCUT2D eigenvalue weighted by Gasteiger charge is -2.28. The van der Waals surface area contributed by atoms with Crippen molar-refractivity contribution in [1.82, 2.24) is 15.5 Å². The second-order valence-electron chi connectivity index (χ2n) is 11.5. The number of ether oxygens (including phenoxy) is 2. The van der Waals surface area contributed by atoms with Crippen molar-refractivity contribution >= 4 is 23.2 Å². The maximum absolute atomic E-state index is 13.7. The lowest BCUT2D eigenvalue weighted by molar-refractivity contribution is -0.140. The van der Waals surface area contributed by atoms with Gasteiger partial charge in [0.1, 0.15) is 29.6 Å². The first-order valence-electron chi connectivity index (χ1n) is 14.8. The third-order valence-corrected chi connectivity index (χ3v) is 9.57. The maximum Gasteiger partial charge on any atom is 0.243 e. The normalized spacial score (nSPS) is 22.2. The summed E-state index contributed by atoms with van der Waals surface area (Å²) in [7, 11) is 0. The number of carbonyl (C=O) groups is 2. The molecule has 1 saturated heterocycles. The molecule has 3 aromatic rings. The lowest BCUT2D eigenvalue weighted by atomic mass is 9.96. The summed E-state index contributed by atoms with van der Waals surface area (Å²) in [6.45, 7) is 2.83. The Kier molecular flexibility index (Phi) is 10.5. The Morgan fingerprint density at radius 1 is 1.20 bits per heavy atom. The number of carbonyl (C=O) groups excluding carboxylic acids is 2. The third kappa shape index (κ3) is 7.48. The van der Waals surface area contributed by atoms with Gasteiger partial charge in [-0.25, -0.2) is 4.39 Å². The number of aliphatic hydroxyl groups excluding tert-OH is 1. The van der Waals surface area contributed by atoms with E-state index in [1.54, 1.807) is 29.2 Å². The van der Waals surface area contributed by atoms with E-state index in [4.69, 9.17) is 26.5 Å². The molecule has 2 fully saturated rings. The molecule has 2 amide bonds. The van der Waals surface area contributed by atoms with Gasteiger partial charge in [0, 0.05) is 27.8 Å². The standard InChI is InChI=1S/C31H37FN8O5S/c1-18-27-31(18,17-44-11-10-38-39-35)13-25(30(43)36-14-24-12-20(16-46-24)28(33)34)40(27)26(41)15-37-29(42)19-2-6-22(7-3-19)45-23-8-4-21(32)5-9-23/h2-9,12,16,18,25,27-29,37,42H,10-11,13-15,17,33-34H2,1H3,(H,36,43)/t18-,25?,27+,29?,31+/m1/s1. The minimum absolute atomic E-state index is 0.0874. The molecule has 5 atom stereocenters. The second kappa shape index (κ2) is 14.6. The fourth-order valence-electron chi connectivity index (χ4n) is 6.09. The van der Waals surface area contributed by atoms with Gasteiger partial charge >= 0.3 is 0 Å². The summed E-state index contributed by atoms with van der Waals surface area (Å²) in [5.74, 6) is 0.0715. The number of nitrogens with two attached hydrogens (primary N) is 2. The third-order valence-electron chi connectivity index (χ3n) is 8.62. The van der Waals surface area contributed by atoms with Crippen LogP contribution in [0.5, 0.6) is 11.5 Å². The molecule has 46 heavy (non-hydrogen) atoms. The second-order valence-corrected chi connectivity index (χ2v) is 12.5. The summed E-state index contributed by atoms with van der Waals surface area (Å²) in [5.41, 5.74) is 20.9. The quantitative estimate of drug-likeness (QED) is 0.0540. The molecule has 1 aromatic heterocycles. The molecule has 2 aromatic carbocycles. The summed E-state index contributed by atoms with van der Waals surface area (Å²) >= 11 is 1.44. The van der Waals surface area contributed by atoms with Crippen molar-refractivity contribution in [1.29, 1.82) is 0 Å². The molecule has 1 aliphatic heterocycles. The fraction of sp³-hybridized carbons (Fsp3) is 0.419. The molecule has 1 aliphatic carbocycles. The predicted octanol–water partition coefficient (Wildman–Crippen LogP) is 3.42. The molecule has 2 aliphatic rings. The van der Waals surface area contributed by atoms with Gasteiger partial charge in [-0.2, -0.15) is 0 Å². The molecule has 1 saturated carbocycles. The summed E-state index contributed by atoms with van der Waals surface area (Å²) in [5, 5.41) is 22.0. The molecule has 0 bridgehead atoms. The smallest absolute Gasteiger partial charge is 0.243 e. The molecule has 13 nitrogen and oxygen atoms in total. The zero-order chi connectivity index (χ0) is 32.8. The minimum Gasteiger partial charge on any atom is -0.457 e. The number of nitrogens with one attached hydrogen (secondary N) is 2. The van der Waals surface area contributed by atoms with Crippen LogP contribution in [0.1, 0.15) is 41.7 Å². The molecule has 7 N–H and O–H groups in total. The minimum atomic E-state index is -1.16. The maximum atomic E-state index is 13.7. The number of fused-ring (bicyclic) bond motifs is 1. The largest absolute Gasteiger partial charge is 0.457 e. The van der Waals surface area contributed by atoms with E-state index in [0.29, 0.717) is 30.1 Å². The Hall–Kier alpha value is -4.08. The Morgan fingerprint density at radius 3 is 2.54 bits per heavy atom. The van der Waals surface area contributed by atoms with Gasteiger partial charge in [0.05, 0.1) is 32.5 Å². The summed E-state index contributed by atoms with van der Waals surface area (Å²) < 4.78 is 24.7. The Bertz CT molecular complexity index is 1570. The number of aliphatic hydroxyl groups is 1. The van der Waals surface area contributed by atoms with E-state index < -0.39 is 23.9 Å². The molecular weight excluding hydrogens is 615 g/mol. The number of halogens is 1. The van der Waals surface area contributed by atoms with Crippen molar-refractivity contribution in [3.05, 3.63) is 92.2 Å².